The number of carbonyl (C=O) groups excluding carboxylic acids is 1. The van der Waals surface area contributed by atoms with Crippen molar-refractivity contribution in [2.24, 2.45) is 0 Å². The van der Waals surface area contributed by atoms with Crippen molar-refractivity contribution >= 4 is 5.91 Å². The van der Waals surface area contributed by atoms with Gasteiger partial charge in [0, 0.05) is 19.4 Å². The number of aromatic nitrogens is 2. The number of amides is 1. The zero-order chi connectivity index (χ0) is 9.40. The molecule has 0 radical (unpaired) electrons. The van der Waals surface area contributed by atoms with E-state index < -0.39 is 0 Å². The van der Waals surface area contributed by atoms with Crippen molar-refractivity contribution in [3.8, 4) is 0 Å². The van der Waals surface area contributed by atoms with Crippen LogP contribution in [0.25, 0.3) is 0 Å². The minimum Gasteiger partial charge on any atom is -0.352 e. The summed E-state index contributed by atoms with van der Waals surface area (Å²) in [6, 6.07) is 1.66. The van der Waals surface area contributed by atoms with Crippen molar-refractivity contribution < 1.29 is 4.79 Å². The fraction of sp³-hybridized carbons (Fsp3) is 0.375. The lowest BCUT2D eigenvalue weighted by Gasteiger charge is -1.93. The highest BCUT2D eigenvalue weighted by Crippen LogP contribution is 1.84. The SMILES string of the molecule is CC.CNC(=O)c1ncccn1. The lowest BCUT2D eigenvalue weighted by molar-refractivity contribution is 0.0952. The van der Waals surface area contributed by atoms with Gasteiger partial charge < -0.3 is 5.32 Å². The van der Waals surface area contributed by atoms with Crippen molar-refractivity contribution in [1.82, 2.24) is 15.3 Å². The maximum Gasteiger partial charge on any atom is 0.288 e. The van der Waals surface area contributed by atoms with Gasteiger partial charge in [-0.15, -0.1) is 0 Å². The van der Waals surface area contributed by atoms with Crippen molar-refractivity contribution in [2.75, 3.05) is 7.05 Å². The Morgan fingerprint density at radius 1 is 1.33 bits per heavy atom. The largest absolute Gasteiger partial charge is 0.352 e. The quantitative estimate of drug-likeness (QED) is 0.675. The van der Waals surface area contributed by atoms with Gasteiger partial charge in [-0.2, -0.15) is 0 Å². The Labute approximate surface area is 72.0 Å². The summed E-state index contributed by atoms with van der Waals surface area (Å²) in [4.78, 5) is 18.2. The molecule has 0 aliphatic rings. The predicted octanol–water partition coefficient (Wildman–Crippen LogP) is 0.862. The zero-order valence-corrected chi connectivity index (χ0v) is 7.53. The van der Waals surface area contributed by atoms with E-state index in [1.54, 1.807) is 13.1 Å². The maximum atomic E-state index is 10.8. The number of hydrogen-bond donors (Lipinski definition) is 1. The Morgan fingerprint density at radius 3 is 2.25 bits per heavy atom. The van der Waals surface area contributed by atoms with E-state index in [0.717, 1.165) is 0 Å². The van der Waals surface area contributed by atoms with Crippen molar-refractivity contribution in [1.29, 1.82) is 0 Å². The summed E-state index contributed by atoms with van der Waals surface area (Å²) in [5, 5.41) is 2.42. The lowest BCUT2D eigenvalue weighted by Crippen LogP contribution is -2.20. The van der Waals surface area contributed by atoms with Crippen LogP contribution in [-0.2, 0) is 0 Å². The van der Waals surface area contributed by atoms with E-state index in [9.17, 15) is 4.79 Å². The van der Waals surface area contributed by atoms with Gasteiger partial charge >= 0.3 is 0 Å². The van der Waals surface area contributed by atoms with E-state index in [2.05, 4.69) is 15.3 Å². The molecule has 0 aliphatic carbocycles. The van der Waals surface area contributed by atoms with Crippen LogP contribution >= 0.6 is 0 Å². The van der Waals surface area contributed by atoms with Gasteiger partial charge in [0.2, 0.25) is 5.82 Å². The zero-order valence-electron chi connectivity index (χ0n) is 7.53. The van der Waals surface area contributed by atoms with Gasteiger partial charge in [0.05, 0.1) is 0 Å². The van der Waals surface area contributed by atoms with Gasteiger partial charge in [-0.25, -0.2) is 9.97 Å². The van der Waals surface area contributed by atoms with Crippen molar-refractivity contribution in [3.05, 3.63) is 24.3 Å². The molecule has 0 unspecified atom stereocenters. The number of nitrogens with zero attached hydrogens (tertiary/aromatic N) is 2. The molecule has 0 aromatic carbocycles. The first-order valence-corrected chi connectivity index (χ1v) is 3.83. The summed E-state index contributed by atoms with van der Waals surface area (Å²) in [6.07, 6.45) is 3.05. The molecule has 0 saturated heterocycles. The van der Waals surface area contributed by atoms with Gasteiger partial charge in [-0.1, -0.05) is 13.8 Å². The number of carbonyl (C=O) groups is 1. The van der Waals surface area contributed by atoms with E-state index in [1.165, 1.54) is 12.4 Å². The topological polar surface area (TPSA) is 54.9 Å². The first-order valence-electron chi connectivity index (χ1n) is 3.83. The fourth-order valence-corrected chi connectivity index (χ4v) is 0.528. The summed E-state index contributed by atoms with van der Waals surface area (Å²) in [6.45, 7) is 4.00. The summed E-state index contributed by atoms with van der Waals surface area (Å²) in [5.41, 5.74) is 0. The molecular formula is C8H13N3O. The predicted molar refractivity (Wildman–Crippen MR) is 46.8 cm³/mol. The highest BCUT2D eigenvalue weighted by molar-refractivity contribution is 5.89. The summed E-state index contributed by atoms with van der Waals surface area (Å²) in [7, 11) is 1.54. The molecule has 1 rings (SSSR count). The first-order chi connectivity index (χ1) is 5.84. The number of rotatable bonds is 1. The van der Waals surface area contributed by atoms with Gasteiger partial charge in [0.1, 0.15) is 0 Å². The molecular weight excluding hydrogens is 154 g/mol. The van der Waals surface area contributed by atoms with Crippen LogP contribution < -0.4 is 5.32 Å². The Balaban J connectivity index is 0.000000561. The van der Waals surface area contributed by atoms with Crippen molar-refractivity contribution in [3.63, 3.8) is 0 Å². The molecule has 4 heteroatoms. The normalized spacial score (nSPS) is 7.92. The minimum absolute atomic E-state index is 0.199. The molecule has 0 spiro atoms. The first kappa shape index (κ1) is 10.6. The van der Waals surface area contributed by atoms with Gasteiger partial charge in [-0.3, -0.25) is 4.79 Å². The van der Waals surface area contributed by atoms with Crippen LogP contribution in [0.15, 0.2) is 18.5 Å². The molecule has 0 aliphatic heterocycles. The molecule has 1 N–H and O–H groups in total. The van der Waals surface area contributed by atoms with Crippen LogP contribution in [0.3, 0.4) is 0 Å². The third kappa shape index (κ3) is 3.09. The average molecular weight is 167 g/mol. The maximum absolute atomic E-state index is 10.8. The standard InChI is InChI=1S/C6H7N3O.C2H6/c1-7-6(10)5-8-3-2-4-9-5;1-2/h2-4H,1H3,(H,7,10);1-2H3. The smallest absolute Gasteiger partial charge is 0.288 e. The third-order valence-corrected chi connectivity index (χ3v) is 0.996. The summed E-state index contributed by atoms with van der Waals surface area (Å²) < 4.78 is 0. The van der Waals surface area contributed by atoms with E-state index >= 15 is 0 Å². The van der Waals surface area contributed by atoms with Gasteiger partial charge in [0.15, 0.2) is 0 Å². The Bertz CT molecular complexity index is 223. The molecule has 1 aromatic heterocycles. The van der Waals surface area contributed by atoms with E-state index in [1.807, 2.05) is 13.8 Å². The second kappa shape index (κ2) is 6.27. The monoisotopic (exact) mass is 167 g/mol. The molecule has 12 heavy (non-hydrogen) atoms. The molecule has 4 nitrogen and oxygen atoms in total. The van der Waals surface area contributed by atoms with Crippen LogP contribution in [-0.4, -0.2) is 22.9 Å². The van der Waals surface area contributed by atoms with E-state index in [0.29, 0.717) is 0 Å². The minimum atomic E-state index is -0.263. The Kier molecular flexibility index (Phi) is 5.51. The lowest BCUT2D eigenvalue weighted by atomic mass is 10.5. The average Bonchev–Trinajstić information content (AvgIpc) is 2.21. The van der Waals surface area contributed by atoms with E-state index in [-0.39, 0.29) is 11.7 Å². The Hall–Kier alpha value is -1.45. The van der Waals surface area contributed by atoms with E-state index in [4.69, 9.17) is 0 Å². The molecule has 1 aromatic rings. The summed E-state index contributed by atoms with van der Waals surface area (Å²) >= 11 is 0. The molecule has 66 valence electrons. The van der Waals surface area contributed by atoms with Gasteiger partial charge in [-0.05, 0) is 6.07 Å². The fourth-order valence-electron chi connectivity index (χ4n) is 0.528. The van der Waals surface area contributed by atoms with Gasteiger partial charge in [0.25, 0.3) is 5.91 Å². The summed E-state index contributed by atoms with van der Waals surface area (Å²) in [5.74, 6) is -0.0643. The van der Waals surface area contributed by atoms with Crippen LogP contribution in [0.1, 0.15) is 24.5 Å². The molecule has 0 bridgehead atoms. The van der Waals surface area contributed by atoms with Crippen LogP contribution in [0, 0.1) is 0 Å². The highest BCUT2D eigenvalue weighted by Gasteiger charge is 2.02. The third-order valence-electron chi connectivity index (χ3n) is 0.996. The number of nitrogens with one attached hydrogen (secondary N) is 1. The number of hydrogen-bond acceptors (Lipinski definition) is 3. The van der Waals surface area contributed by atoms with Crippen LogP contribution in [0.2, 0.25) is 0 Å². The molecule has 0 atom stereocenters. The highest BCUT2D eigenvalue weighted by atomic mass is 16.2. The van der Waals surface area contributed by atoms with Crippen LogP contribution in [0.5, 0.6) is 0 Å². The Morgan fingerprint density at radius 2 is 1.83 bits per heavy atom. The molecule has 1 heterocycles. The second-order valence-corrected chi connectivity index (χ2v) is 1.65. The van der Waals surface area contributed by atoms with Crippen LogP contribution in [0.4, 0.5) is 0 Å². The van der Waals surface area contributed by atoms with Crippen molar-refractivity contribution in [2.45, 2.75) is 13.8 Å². The molecule has 0 saturated carbocycles. The second-order valence-electron chi connectivity index (χ2n) is 1.65. The molecule has 0 fully saturated rings. The molecule has 1 amide bonds.